The Bertz CT molecular complexity index is 690. The first-order valence-electron chi connectivity index (χ1n) is 9.71. The third-order valence-corrected chi connectivity index (χ3v) is 6.14. The topological polar surface area (TPSA) is 63.8 Å². The highest BCUT2D eigenvalue weighted by Gasteiger charge is 2.62. The summed E-state index contributed by atoms with van der Waals surface area (Å²) in [6, 6.07) is 5.88. The molecular weight excluding hydrogens is 328 g/mol. The maximum Gasteiger partial charge on any atom is 0.311 e. The van der Waals surface area contributed by atoms with Gasteiger partial charge in [0.2, 0.25) is 0 Å². The van der Waals surface area contributed by atoms with E-state index < -0.39 is 0 Å². The van der Waals surface area contributed by atoms with Crippen LogP contribution in [0, 0.1) is 11.8 Å². The molecule has 0 bridgehead atoms. The summed E-state index contributed by atoms with van der Waals surface area (Å²) < 4.78 is 11.8. The van der Waals surface area contributed by atoms with Crippen LogP contribution in [0.5, 0.6) is 0 Å². The third kappa shape index (κ3) is 3.55. The van der Waals surface area contributed by atoms with Gasteiger partial charge in [-0.2, -0.15) is 0 Å². The van der Waals surface area contributed by atoms with Crippen molar-refractivity contribution in [3.63, 3.8) is 0 Å². The van der Waals surface area contributed by atoms with Crippen molar-refractivity contribution in [3.05, 3.63) is 41.7 Å². The second-order valence-corrected chi connectivity index (χ2v) is 8.10. The maximum absolute atomic E-state index is 12.6. The molecule has 1 aromatic heterocycles. The zero-order valence-corrected chi connectivity index (χ0v) is 15.6. The largest absolute Gasteiger partial charge is 0.459 e. The molecule has 5 heteroatoms. The molecule has 1 aliphatic carbocycles. The highest BCUT2D eigenvalue weighted by Crippen LogP contribution is 2.50. The van der Waals surface area contributed by atoms with Crippen LogP contribution in [-0.4, -0.2) is 35.3 Å². The third-order valence-electron chi connectivity index (χ3n) is 6.14. The molecule has 3 unspecified atom stereocenters. The van der Waals surface area contributed by atoms with Crippen LogP contribution in [-0.2, 0) is 20.8 Å². The normalized spacial score (nSPS) is 38.5. The Labute approximate surface area is 155 Å². The van der Waals surface area contributed by atoms with Gasteiger partial charge >= 0.3 is 5.97 Å². The van der Waals surface area contributed by atoms with E-state index in [-0.39, 0.29) is 35.6 Å². The Hall–Kier alpha value is -1.72. The van der Waals surface area contributed by atoms with Gasteiger partial charge < -0.3 is 14.8 Å². The highest BCUT2D eigenvalue weighted by molar-refractivity contribution is 5.75. The zero-order valence-electron chi connectivity index (χ0n) is 15.6. The maximum atomic E-state index is 12.6. The number of esters is 1. The van der Waals surface area contributed by atoms with Gasteiger partial charge in [-0.1, -0.05) is 17.7 Å². The van der Waals surface area contributed by atoms with Gasteiger partial charge in [-0.3, -0.25) is 9.78 Å². The van der Waals surface area contributed by atoms with E-state index in [0.717, 1.165) is 31.4 Å². The zero-order chi connectivity index (χ0) is 18.1. The van der Waals surface area contributed by atoms with E-state index in [2.05, 4.69) is 30.2 Å². The van der Waals surface area contributed by atoms with Crippen LogP contribution < -0.4 is 5.32 Å². The van der Waals surface area contributed by atoms with Crippen molar-refractivity contribution in [2.24, 2.45) is 11.8 Å². The van der Waals surface area contributed by atoms with Crippen molar-refractivity contribution < 1.29 is 14.3 Å². The number of fused-ring (bicyclic) bond motifs is 3. The summed E-state index contributed by atoms with van der Waals surface area (Å²) >= 11 is 0. The fraction of sp³-hybridized carbons (Fsp3) is 0.619. The molecule has 1 N–H and O–H groups in total. The van der Waals surface area contributed by atoms with E-state index in [1.165, 1.54) is 5.57 Å². The van der Waals surface area contributed by atoms with Crippen molar-refractivity contribution in [3.8, 4) is 0 Å². The number of pyridine rings is 1. The number of epoxide rings is 1. The number of aromatic nitrogens is 1. The van der Waals surface area contributed by atoms with Gasteiger partial charge in [0.05, 0.1) is 17.2 Å². The van der Waals surface area contributed by atoms with E-state index in [1.54, 1.807) is 6.20 Å². The molecule has 2 fully saturated rings. The minimum Gasteiger partial charge on any atom is -0.459 e. The molecule has 3 heterocycles. The molecule has 140 valence electrons. The van der Waals surface area contributed by atoms with Crippen LogP contribution in [0.1, 0.15) is 45.2 Å². The van der Waals surface area contributed by atoms with Crippen LogP contribution in [0.25, 0.3) is 0 Å². The molecule has 3 aliphatic rings. The lowest BCUT2D eigenvalue weighted by Gasteiger charge is -2.22. The first-order chi connectivity index (χ1) is 12.6. The molecule has 4 rings (SSSR count). The number of hydrogen-bond donors (Lipinski definition) is 1. The molecule has 5 atom stereocenters. The van der Waals surface area contributed by atoms with E-state index in [0.29, 0.717) is 13.1 Å². The Morgan fingerprint density at radius 2 is 2.27 bits per heavy atom. The lowest BCUT2D eigenvalue weighted by molar-refractivity contribution is -0.144. The number of allylic oxidation sites excluding steroid dienone is 2. The molecule has 0 saturated carbocycles. The summed E-state index contributed by atoms with van der Waals surface area (Å²) in [5.74, 6) is 0.0312. The standard InChI is InChI=1S/C21H28N2O3/c1-14-6-5-10-21(2)19(26-21)18-16(9-8-14)17(20(24)25-18)13-22-12-15-7-3-4-11-23-15/h3-4,6-7,11,16-19,22H,5,8-10,12-13H2,1-2H3/b14-6+/t16?,17?,18-,19?,21+/m0/s1. The van der Waals surface area contributed by atoms with Crippen LogP contribution in [0.3, 0.4) is 0 Å². The minimum absolute atomic E-state index is 0.0593. The second kappa shape index (κ2) is 7.12. The predicted molar refractivity (Wildman–Crippen MR) is 98.3 cm³/mol. The second-order valence-electron chi connectivity index (χ2n) is 8.10. The quantitative estimate of drug-likeness (QED) is 0.510. The number of nitrogens with zero attached hydrogens (tertiary/aromatic N) is 1. The summed E-state index contributed by atoms with van der Waals surface area (Å²) in [6.45, 7) is 5.64. The number of rotatable bonds is 4. The van der Waals surface area contributed by atoms with Crippen molar-refractivity contribution >= 4 is 5.97 Å². The summed E-state index contributed by atoms with van der Waals surface area (Å²) in [6.07, 6.45) is 8.12. The van der Waals surface area contributed by atoms with Gasteiger partial charge in [-0.05, 0) is 51.7 Å². The van der Waals surface area contributed by atoms with E-state index in [1.807, 2.05) is 18.2 Å². The number of carbonyl (C=O) groups excluding carboxylic acids is 1. The lowest BCUT2D eigenvalue weighted by atomic mass is 9.80. The summed E-state index contributed by atoms with van der Waals surface area (Å²) in [5, 5.41) is 3.40. The van der Waals surface area contributed by atoms with Crippen LogP contribution in [0.4, 0.5) is 0 Å². The fourth-order valence-electron chi connectivity index (χ4n) is 4.43. The molecule has 2 saturated heterocycles. The SMILES string of the molecule is C/C1=C\CC[C@@]2(C)OC2[C@H]2OC(=O)C(CNCc3ccccn3)C2CC1. The van der Waals surface area contributed by atoms with E-state index >= 15 is 0 Å². The smallest absolute Gasteiger partial charge is 0.311 e. The molecule has 0 aromatic carbocycles. The van der Waals surface area contributed by atoms with Crippen LogP contribution in [0.15, 0.2) is 36.0 Å². The van der Waals surface area contributed by atoms with Crippen LogP contribution >= 0.6 is 0 Å². The van der Waals surface area contributed by atoms with Gasteiger partial charge in [0.15, 0.2) is 0 Å². The Balaban J connectivity index is 1.44. The van der Waals surface area contributed by atoms with Crippen molar-refractivity contribution in [1.29, 1.82) is 0 Å². The highest BCUT2D eigenvalue weighted by atomic mass is 16.6. The molecule has 5 nitrogen and oxygen atoms in total. The van der Waals surface area contributed by atoms with Gasteiger partial charge in [0.1, 0.15) is 12.2 Å². The Morgan fingerprint density at radius 1 is 1.38 bits per heavy atom. The van der Waals surface area contributed by atoms with Gasteiger partial charge in [-0.25, -0.2) is 0 Å². The summed E-state index contributed by atoms with van der Waals surface area (Å²) in [5.41, 5.74) is 2.26. The average molecular weight is 356 g/mol. The lowest BCUT2D eigenvalue weighted by Crippen LogP contribution is -2.34. The minimum atomic E-state index is -0.131. The summed E-state index contributed by atoms with van der Waals surface area (Å²) in [4.78, 5) is 16.9. The molecule has 26 heavy (non-hydrogen) atoms. The van der Waals surface area contributed by atoms with Crippen molar-refractivity contribution in [1.82, 2.24) is 10.3 Å². The van der Waals surface area contributed by atoms with Crippen molar-refractivity contribution in [2.45, 2.75) is 63.9 Å². The molecular formula is C21H28N2O3. The van der Waals surface area contributed by atoms with E-state index in [9.17, 15) is 4.79 Å². The van der Waals surface area contributed by atoms with Crippen molar-refractivity contribution in [2.75, 3.05) is 6.54 Å². The predicted octanol–water partition coefficient (Wildman–Crippen LogP) is 3.01. The van der Waals surface area contributed by atoms with Crippen LogP contribution in [0.2, 0.25) is 0 Å². The monoisotopic (exact) mass is 356 g/mol. The molecule has 0 radical (unpaired) electrons. The Morgan fingerprint density at radius 3 is 3.08 bits per heavy atom. The average Bonchev–Trinajstić information content (AvgIpc) is 3.20. The first-order valence-corrected chi connectivity index (χ1v) is 9.71. The van der Waals surface area contributed by atoms with Gasteiger partial charge in [-0.15, -0.1) is 0 Å². The number of ether oxygens (including phenoxy) is 2. The molecule has 2 aliphatic heterocycles. The molecule has 0 spiro atoms. The van der Waals surface area contributed by atoms with Gasteiger partial charge in [0, 0.05) is 25.2 Å². The number of carbonyl (C=O) groups is 1. The first kappa shape index (κ1) is 17.7. The fourth-order valence-corrected chi connectivity index (χ4v) is 4.43. The molecule has 1 aromatic rings. The molecule has 0 amide bonds. The Kier molecular flexibility index (Phi) is 4.84. The number of nitrogens with one attached hydrogen (secondary N) is 1. The number of hydrogen-bond acceptors (Lipinski definition) is 5. The van der Waals surface area contributed by atoms with Gasteiger partial charge in [0.25, 0.3) is 0 Å². The van der Waals surface area contributed by atoms with E-state index in [4.69, 9.17) is 9.47 Å². The summed E-state index contributed by atoms with van der Waals surface area (Å²) in [7, 11) is 0.